The number of pyridine rings is 1. The first-order valence-electron chi connectivity index (χ1n) is 9.91. The summed E-state index contributed by atoms with van der Waals surface area (Å²) >= 11 is 0. The lowest BCUT2D eigenvalue weighted by molar-refractivity contribution is 0.0941. The quantitative estimate of drug-likeness (QED) is 0.527. The molecule has 2 aliphatic rings. The van der Waals surface area contributed by atoms with Gasteiger partial charge >= 0.3 is 0 Å². The fraction of sp³-hybridized carbons (Fsp3) is 0.273. The number of benzene rings is 1. The maximum atomic E-state index is 12.3. The number of hydrogen-bond acceptors (Lipinski definition) is 7. The summed E-state index contributed by atoms with van der Waals surface area (Å²) in [6.07, 6.45) is 4.90. The Kier molecular flexibility index (Phi) is 5.85. The van der Waals surface area contributed by atoms with Crippen molar-refractivity contribution in [2.75, 3.05) is 24.2 Å². The van der Waals surface area contributed by atoms with Crippen molar-refractivity contribution in [3.63, 3.8) is 0 Å². The highest BCUT2D eigenvalue weighted by Gasteiger charge is 2.13. The predicted molar refractivity (Wildman–Crippen MR) is 115 cm³/mol. The molecular weight excluding hydrogens is 380 g/mol. The predicted octanol–water partition coefficient (Wildman–Crippen LogP) is 3.21. The number of anilines is 3. The minimum absolute atomic E-state index is 0.246. The molecule has 154 valence electrons. The zero-order chi connectivity index (χ0) is 20.9. The molecule has 0 saturated heterocycles. The van der Waals surface area contributed by atoms with Crippen LogP contribution in [-0.2, 0) is 11.3 Å². The molecule has 0 saturated carbocycles. The Hall–Kier alpha value is -3.52. The van der Waals surface area contributed by atoms with Crippen LogP contribution in [0.3, 0.4) is 0 Å². The normalized spacial score (nSPS) is 14.8. The van der Waals surface area contributed by atoms with E-state index in [1.54, 1.807) is 24.5 Å². The fourth-order valence-corrected chi connectivity index (χ4v) is 3.22. The Morgan fingerprint density at radius 3 is 2.87 bits per heavy atom. The number of aryl methyl sites for hydroxylation is 1. The first-order valence-corrected chi connectivity index (χ1v) is 9.91. The monoisotopic (exact) mass is 404 g/mol. The van der Waals surface area contributed by atoms with Crippen LogP contribution < -0.4 is 16.4 Å². The number of nitrogens with zero attached hydrogens (tertiary/aromatic N) is 3. The number of amides is 1. The third-order valence-corrected chi connectivity index (χ3v) is 4.96. The number of carbonyl (C=O) groups is 1. The lowest BCUT2D eigenvalue weighted by atomic mass is 10.1. The van der Waals surface area contributed by atoms with E-state index < -0.39 is 0 Å². The van der Waals surface area contributed by atoms with Crippen molar-refractivity contribution in [1.29, 1.82) is 0 Å². The molecule has 1 aromatic carbocycles. The summed E-state index contributed by atoms with van der Waals surface area (Å²) in [6, 6.07) is 9.41. The van der Waals surface area contributed by atoms with Crippen LogP contribution in [0, 0.1) is 6.92 Å². The summed E-state index contributed by atoms with van der Waals surface area (Å²) in [4.78, 5) is 25.5. The Morgan fingerprint density at radius 1 is 1.10 bits per heavy atom. The van der Waals surface area contributed by atoms with Gasteiger partial charge in [0.05, 0.1) is 12.3 Å². The van der Waals surface area contributed by atoms with Gasteiger partial charge in [-0.25, -0.2) is 9.97 Å². The number of nitrogens with one attached hydrogen (secondary N) is 2. The molecule has 8 heteroatoms. The zero-order valence-electron chi connectivity index (χ0n) is 16.8. The van der Waals surface area contributed by atoms with Crippen LogP contribution in [0.25, 0.3) is 11.3 Å². The van der Waals surface area contributed by atoms with Crippen LogP contribution in [0.2, 0.25) is 0 Å². The molecule has 3 aromatic rings. The Bertz CT molecular complexity index is 1070. The average Bonchev–Trinajstić information content (AvgIpc) is 2.74. The van der Waals surface area contributed by atoms with Crippen LogP contribution in [0.1, 0.15) is 34.5 Å². The highest BCUT2D eigenvalue weighted by atomic mass is 16.5. The standard InChI is InChI=1S/C22H24N6O2/c1-14-4-5-16-10-15(14)13-30-9-3-2-7-24-21(29)20-11-18(23)17(12-26-20)19-6-8-25-22(27-16)28-19/h4-6,8,10-12H,2-3,7,9,13H2,1H3,(H2,23,26)(H,24,29)(H,25,27,28). The SMILES string of the molecule is Cc1ccc2cc1COCCCCNC(=O)c1cc(N)c(cn1)-c1ccnc(n1)N2. The number of hydrogen-bond donors (Lipinski definition) is 3. The van der Waals surface area contributed by atoms with Crippen LogP contribution >= 0.6 is 0 Å². The van der Waals surface area contributed by atoms with Gasteiger partial charge in [0.1, 0.15) is 5.69 Å². The van der Waals surface area contributed by atoms with Crippen molar-refractivity contribution in [2.45, 2.75) is 26.4 Å². The van der Waals surface area contributed by atoms with Gasteiger partial charge in [-0.05, 0) is 55.2 Å². The number of ether oxygens (including phenoxy) is 1. The van der Waals surface area contributed by atoms with E-state index in [4.69, 9.17) is 10.5 Å². The van der Waals surface area contributed by atoms with Crippen LogP contribution in [0.5, 0.6) is 0 Å². The lowest BCUT2D eigenvalue weighted by Gasteiger charge is -2.11. The van der Waals surface area contributed by atoms with E-state index in [0.717, 1.165) is 29.7 Å². The van der Waals surface area contributed by atoms with Crippen LogP contribution in [0.4, 0.5) is 17.3 Å². The molecule has 4 N–H and O–H groups in total. The topological polar surface area (TPSA) is 115 Å². The van der Waals surface area contributed by atoms with Gasteiger partial charge in [0.15, 0.2) is 0 Å². The Balaban J connectivity index is 1.69. The van der Waals surface area contributed by atoms with Crippen molar-refractivity contribution >= 4 is 23.2 Å². The maximum absolute atomic E-state index is 12.3. The van der Waals surface area contributed by atoms with Gasteiger partial charge in [-0.1, -0.05) is 6.07 Å². The lowest BCUT2D eigenvalue weighted by Crippen LogP contribution is -2.25. The smallest absolute Gasteiger partial charge is 0.269 e. The summed E-state index contributed by atoms with van der Waals surface area (Å²) in [5, 5.41) is 6.11. The first-order chi connectivity index (χ1) is 14.6. The molecule has 0 aliphatic carbocycles. The van der Waals surface area contributed by atoms with E-state index in [9.17, 15) is 4.79 Å². The molecule has 0 unspecified atom stereocenters. The molecule has 1 amide bonds. The highest BCUT2D eigenvalue weighted by Crippen LogP contribution is 2.25. The minimum atomic E-state index is -0.246. The molecular formula is C22H24N6O2. The summed E-state index contributed by atoms with van der Waals surface area (Å²) in [5.41, 5.74) is 11.3. The molecule has 0 spiro atoms. The molecule has 6 bridgehead atoms. The van der Waals surface area contributed by atoms with Gasteiger partial charge in [-0.2, -0.15) is 0 Å². The van der Waals surface area contributed by atoms with Crippen molar-refractivity contribution in [3.8, 4) is 11.3 Å². The van der Waals surface area contributed by atoms with E-state index in [2.05, 4.69) is 32.5 Å². The molecule has 2 aromatic heterocycles. The van der Waals surface area contributed by atoms with Crippen molar-refractivity contribution in [3.05, 3.63) is 59.5 Å². The summed E-state index contributed by atoms with van der Waals surface area (Å²) < 4.78 is 5.82. The number of fused-ring (bicyclic) bond motifs is 9. The second-order valence-corrected chi connectivity index (χ2v) is 7.20. The molecule has 0 fully saturated rings. The van der Waals surface area contributed by atoms with Crippen LogP contribution in [0.15, 0.2) is 42.7 Å². The Morgan fingerprint density at radius 2 is 2.00 bits per heavy atom. The molecule has 30 heavy (non-hydrogen) atoms. The number of carbonyl (C=O) groups excluding carboxylic acids is 1. The maximum Gasteiger partial charge on any atom is 0.269 e. The molecule has 2 aliphatic heterocycles. The van der Waals surface area contributed by atoms with E-state index in [0.29, 0.717) is 42.7 Å². The molecule has 8 nitrogen and oxygen atoms in total. The summed E-state index contributed by atoms with van der Waals surface area (Å²) in [7, 11) is 0. The average molecular weight is 404 g/mol. The third-order valence-electron chi connectivity index (χ3n) is 4.96. The van der Waals surface area contributed by atoms with Gasteiger partial charge < -0.3 is 21.1 Å². The largest absolute Gasteiger partial charge is 0.398 e. The number of nitrogen functional groups attached to an aromatic ring is 1. The number of nitrogens with two attached hydrogens (primary N) is 1. The molecule has 0 radical (unpaired) electrons. The number of aromatic nitrogens is 3. The first kappa shape index (κ1) is 19.8. The molecule has 5 rings (SSSR count). The fourth-order valence-electron chi connectivity index (χ4n) is 3.22. The van der Waals surface area contributed by atoms with Gasteiger partial charge in [0, 0.05) is 42.5 Å². The number of rotatable bonds is 0. The summed E-state index contributed by atoms with van der Waals surface area (Å²) in [5.74, 6) is 0.200. The van der Waals surface area contributed by atoms with Gasteiger partial charge in [-0.15, -0.1) is 0 Å². The van der Waals surface area contributed by atoms with Crippen molar-refractivity contribution in [1.82, 2.24) is 20.3 Å². The second kappa shape index (κ2) is 8.87. The van der Waals surface area contributed by atoms with Gasteiger partial charge in [0.25, 0.3) is 5.91 Å². The van der Waals surface area contributed by atoms with E-state index in [1.165, 1.54) is 0 Å². The van der Waals surface area contributed by atoms with Gasteiger partial charge in [0.2, 0.25) is 5.95 Å². The van der Waals surface area contributed by atoms with Crippen LogP contribution in [-0.4, -0.2) is 34.0 Å². The van der Waals surface area contributed by atoms with E-state index >= 15 is 0 Å². The van der Waals surface area contributed by atoms with Crippen molar-refractivity contribution in [2.24, 2.45) is 0 Å². The van der Waals surface area contributed by atoms with Gasteiger partial charge in [-0.3, -0.25) is 9.78 Å². The second-order valence-electron chi connectivity index (χ2n) is 7.20. The Labute approximate surface area is 174 Å². The third kappa shape index (κ3) is 4.55. The molecule has 0 atom stereocenters. The summed E-state index contributed by atoms with van der Waals surface area (Å²) in [6.45, 7) is 3.76. The highest BCUT2D eigenvalue weighted by molar-refractivity contribution is 5.94. The van der Waals surface area contributed by atoms with Crippen molar-refractivity contribution < 1.29 is 9.53 Å². The zero-order valence-corrected chi connectivity index (χ0v) is 16.8. The molecule has 4 heterocycles. The van der Waals surface area contributed by atoms with E-state index in [-0.39, 0.29) is 11.6 Å². The van der Waals surface area contributed by atoms with E-state index in [1.807, 2.05) is 18.2 Å². The minimum Gasteiger partial charge on any atom is -0.398 e.